The Morgan fingerprint density at radius 3 is 2.07 bits per heavy atom. The summed E-state index contributed by atoms with van der Waals surface area (Å²) in [6.07, 6.45) is 0. The van der Waals surface area contributed by atoms with Gasteiger partial charge in [-0.2, -0.15) is 0 Å². The Hall–Kier alpha value is -5.74. The molecule has 4 heteroatoms. The first kappa shape index (κ1) is 22.8. The van der Waals surface area contributed by atoms with E-state index in [-0.39, 0.29) is 6.85 Å². The first-order valence-corrected chi connectivity index (χ1v) is 15.2. The lowest BCUT2D eigenvalue weighted by atomic mass is 9.43. The highest BCUT2D eigenvalue weighted by Gasteiger charge is 2.45. The van der Waals surface area contributed by atoms with E-state index in [0.717, 1.165) is 16.6 Å². The second-order valence-corrected chi connectivity index (χ2v) is 12.0. The molecule has 0 saturated carbocycles. The van der Waals surface area contributed by atoms with Crippen molar-refractivity contribution in [3.8, 4) is 16.8 Å². The van der Waals surface area contributed by atoms with E-state index in [1.165, 1.54) is 77.1 Å². The topological polar surface area (TPSA) is 21.3 Å². The Kier molecular flexibility index (Phi) is 4.15. The van der Waals surface area contributed by atoms with Crippen molar-refractivity contribution in [2.75, 3.05) is 4.81 Å². The molecule has 44 heavy (non-hydrogen) atoms. The zero-order valence-electron chi connectivity index (χ0n) is 23.7. The molecule has 3 nitrogen and oxygen atoms in total. The van der Waals surface area contributed by atoms with E-state index in [1.54, 1.807) is 0 Å². The first-order chi connectivity index (χ1) is 21.9. The average Bonchev–Trinajstić information content (AvgIpc) is 3.65. The molecule has 0 atom stereocenters. The molecule has 0 saturated heterocycles. The summed E-state index contributed by atoms with van der Waals surface area (Å²) in [6.45, 7) is -0.00404. The Bertz CT molecular complexity index is 2680. The van der Waals surface area contributed by atoms with Gasteiger partial charge in [-0.1, -0.05) is 97.1 Å². The van der Waals surface area contributed by atoms with E-state index in [2.05, 4.69) is 149 Å². The molecular formula is C40H23BN2O. The second-order valence-electron chi connectivity index (χ2n) is 12.0. The van der Waals surface area contributed by atoms with Gasteiger partial charge in [0.1, 0.15) is 11.2 Å². The van der Waals surface area contributed by atoms with Crippen LogP contribution in [0.25, 0.3) is 71.3 Å². The number of furan rings is 1. The van der Waals surface area contributed by atoms with Crippen LogP contribution in [0.1, 0.15) is 0 Å². The predicted octanol–water partition coefficient (Wildman–Crippen LogP) is 9.07. The highest BCUT2D eigenvalue weighted by atomic mass is 16.3. The predicted molar refractivity (Wildman–Crippen MR) is 185 cm³/mol. The van der Waals surface area contributed by atoms with Crippen LogP contribution in [0.15, 0.2) is 144 Å². The second kappa shape index (κ2) is 8.00. The van der Waals surface area contributed by atoms with E-state index in [1.807, 2.05) is 0 Å². The van der Waals surface area contributed by atoms with E-state index in [4.69, 9.17) is 4.42 Å². The first-order valence-electron chi connectivity index (χ1n) is 15.2. The molecule has 0 spiro atoms. The summed E-state index contributed by atoms with van der Waals surface area (Å²) >= 11 is 0. The van der Waals surface area contributed by atoms with Crippen LogP contribution in [0.5, 0.6) is 0 Å². The molecule has 2 aliphatic heterocycles. The number of rotatable bonds is 1. The van der Waals surface area contributed by atoms with Gasteiger partial charge in [0.25, 0.3) is 0 Å². The molecule has 11 rings (SSSR count). The maximum absolute atomic E-state index is 6.52. The van der Waals surface area contributed by atoms with Crippen molar-refractivity contribution in [1.82, 2.24) is 4.57 Å². The Labute approximate surface area is 253 Å². The molecular weight excluding hydrogens is 535 g/mol. The highest BCUT2D eigenvalue weighted by Crippen LogP contribution is 2.52. The van der Waals surface area contributed by atoms with Crippen LogP contribution in [0.4, 0.5) is 11.4 Å². The Morgan fingerprint density at radius 2 is 1.18 bits per heavy atom. The summed E-state index contributed by atoms with van der Waals surface area (Å²) in [5.41, 5.74) is 13.3. The number of benzene rings is 7. The summed E-state index contributed by atoms with van der Waals surface area (Å²) < 4.78 is 9.05. The van der Waals surface area contributed by atoms with Crippen LogP contribution < -0.4 is 15.7 Å². The van der Waals surface area contributed by atoms with Crippen LogP contribution >= 0.6 is 0 Å². The van der Waals surface area contributed by atoms with E-state index in [0.29, 0.717) is 0 Å². The van der Waals surface area contributed by atoms with Crippen LogP contribution in [-0.4, -0.2) is 11.4 Å². The normalized spacial score (nSPS) is 13.4. The lowest BCUT2D eigenvalue weighted by Gasteiger charge is -2.42. The standard InChI is InChI=1S/C40H23BN2O/c1-2-12-24(13-3-1)43-32-22-23-34-36(28-17-7-11-21-33(28)44-34)38(32)37-26-15-5-4-14-25(26)35-27-16-6-9-19-30(27)42-31-20-10-8-18-29(31)41(43)39(37)40(35)42/h1-23H. The number of hydrogen-bond donors (Lipinski definition) is 0. The molecule has 9 aromatic rings. The number of hydrogen-bond acceptors (Lipinski definition) is 2. The number of anilines is 2. The van der Waals surface area contributed by atoms with Crippen molar-refractivity contribution in [3.63, 3.8) is 0 Å². The fraction of sp³-hybridized carbons (Fsp3) is 0. The SMILES string of the molecule is c1ccc(N2B3c4ccccc4-n4c5ccccc5c5c6ccccc6c(c3c54)-c3c2ccc2oc4ccccc4c32)cc1. The van der Waals surface area contributed by atoms with Gasteiger partial charge in [-0.25, -0.2) is 0 Å². The van der Waals surface area contributed by atoms with Gasteiger partial charge < -0.3 is 13.8 Å². The largest absolute Gasteiger partial charge is 0.456 e. The monoisotopic (exact) mass is 558 g/mol. The summed E-state index contributed by atoms with van der Waals surface area (Å²) in [5, 5.41) is 7.53. The molecule has 0 N–H and O–H groups in total. The molecule has 4 heterocycles. The Morgan fingerprint density at radius 1 is 0.477 bits per heavy atom. The lowest BCUT2D eigenvalue weighted by molar-refractivity contribution is 0.669. The maximum atomic E-state index is 6.52. The van der Waals surface area contributed by atoms with Crippen molar-refractivity contribution < 1.29 is 4.42 Å². The van der Waals surface area contributed by atoms with E-state index >= 15 is 0 Å². The van der Waals surface area contributed by atoms with Gasteiger partial charge in [-0.05, 0) is 69.7 Å². The van der Waals surface area contributed by atoms with Gasteiger partial charge in [-0.15, -0.1) is 0 Å². The fourth-order valence-electron chi connectivity index (χ4n) is 8.36. The van der Waals surface area contributed by atoms with Crippen molar-refractivity contribution in [2.24, 2.45) is 0 Å². The summed E-state index contributed by atoms with van der Waals surface area (Å²) in [5.74, 6) is 0. The van der Waals surface area contributed by atoms with Gasteiger partial charge in [0.05, 0.1) is 11.0 Å². The Balaban J connectivity index is 1.47. The highest BCUT2D eigenvalue weighted by molar-refractivity contribution is 6.94. The molecule has 0 unspecified atom stereocenters. The molecule has 0 amide bonds. The number of fused-ring (bicyclic) bond motifs is 15. The molecule has 0 aliphatic carbocycles. The molecule has 202 valence electrons. The van der Waals surface area contributed by atoms with Crippen molar-refractivity contribution in [1.29, 1.82) is 0 Å². The maximum Gasteiger partial charge on any atom is 0.333 e. The van der Waals surface area contributed by atoms with Crippen molar-refractivity contribution >= 4 is 83.7 Å². The molecule has 0 bridgehead atoms. The smallest absolute Gasteiger partial charge is 0.333 e. The quantitative estimate of drug-likeness (QED) is 0.188. The van der Waals surface area contributed by atoms with Crippen molar-refractivity contribution in [3.05, 3.63) is 140 Å². The zero-order valence-corrected chi connectivity index (χ0v) is 23.7. The summed E-state index contributed by atoms with van der Waals surface area (Å²) in [4.78, 5) is 2.58. The number of nitrogens with zero attached hydrogens (tertiary/aromatic N) is 2. The minimum Gasteiger partial charge on any atom is -0.456 e. The van der Waals surface area contributed by atoms with Gasteiger partial charge in [-0.3, -0.25) is 0 Å². The molecule has 2 aromatic heterocycles. The third-order valence-corrected chi connectivity index (χ3v) is 9.93. The third kappa shape index (κ3) is 2.62. The van der Waals surface area contributed by atoms with E-state index in [9.17, 15) is 0 Å². The van der Waals surface area contributed by atoms with Crippen LogP contribution in [0.3, 0.4) is 0 Å². The molecule has 2 aliphatic rings. The number of aromatic nitrogens is 1. The lowest BCUT2D eigenvalue weighted by Crippen LogP contribution is -2.60. The summed E-state index contributed by atoms with van der Waals surface area (Å²) in [7, 11) is 0. The number of para-hydroxylation sites is 4. The average molecular weight is 558 g/mol. The molecule has 0 radical (unpaired) electrons. The molecule has 7 aromatic carbocycles. The zero-order chi connectivity index (χ0) is 28.5. The minimum atomic E-state index is -0.00404. The van der Waals surface area contributed by atoms with Crippen LogP contribution in [0.2, 0.25) is 0 Å². The van der Waals surface area contributed by atoms with E-state index < -0.39 is 0 Å². The van der Waals surface area contributed by atoms with Crippen LogP contribution in [-0.2, 0) is 0 Å². The molecule has 0 fully saturated rings. The fourth-order valence-corrected chi connectivity index (χ4v) is 8.36. The minimum absolute atomic E-state index is 0.00404. The van der Waals surface area contributed by atoms with Gasteiger partial charge >= 0.3 is 6.85 Å². The van der Waals surface area contributed by atoms with Gasteiger partial charge in [0, 0.05) is 44.2 Å². The van der Waals surface area contributed by atoms with Crippen LogP contribution in [0, 0.1) is 0 Å². The van der Waals surface area contributed by atoms with Gasteiger partial charge in [0.15, 0.2) is 0 Å². The third-order valence-electron chi connectivity index (χ3n) is 9.93. The summed E-state index contributed by atoms with van der Waals surface area (Å²) in [6, 6.07) is 50.8. The van der Waals surface area contributed by atoms with Gasteiger partial charge in [0.2, 0.25) is 0 Å². The van der Waals surface area contributed by atoms with Crippen molar-refractivity contribution in [2.45, 2.75) is 0 Å².